The van der Waals surface area contributed by atoms with Gasteiger partial charge in [0.15, 0.2) is 0 Å². The monoisotopic (exact) mass is 242 g/mol. The van der Waals surface area contributed by atoms with Crippen molar-refractivity contribution in [2.24, 2.45) is 11.8 Å². The molecule has 1 aromatic rings. The topological polar surface area (TPSA) is 35.8 Å². The number of nitriles is 1. The maximum Gasteiger partial charge on any atom is 0.0991 e. The Morgan fingerprint density at radius 1 is 1.33 bits per heavy atom. The van der Waals surface area contributed by atoms with E-state index in [0.717, 1.165) is 23.9 Å². The fourth-order valence-electron chi connectivity index (χ4n) is 2.82. The van der Waals surface area contributed by atoms with E-state index in [4.69, 9.17) is 5.26 Å². The highest BCUT2D eigenvalue weighted by atomic mass is 14.9. The van der Waals surface area contributed by atoms with Crippen LogP contribution in [0.15, 0.2) is 24.3 Å². The summed E-state index contributed by atoms with van der Waals surface area (Å²) in [6.45, 7) is 5.68. The summed E-state index contributed by atoms with van der Waals surface area (Å²) in [7, 11) is 0. The van der Waals surface area contributed by atoms with Crippen LogP contribution < -0.4 is 5.32 Å². The highest BCUT2D eigenvalue weighted by Gasteiger charge is 2.23. The van der Waals surface area contributed by atoms with Crippen LogP contribution in [-0.2, 0) is 0 Å². The van der Waals surface area contributed by atoms with E-state index in [1.54, 1.807) is 0 Å². The summed E-state index contributed by atoms with van der Waals surface area (Å²) in [4.78, 5) is 0. The fourth-order valence-corrected chi connectivity index (χ4v) is 2.82. The molecule has 2 heteroatoms. The molecule has 0 aromatic heterocycles. The Labute approximate surface area is 110 Å². The van der Waals surface area contributed by atoms with E-state index in [1.165, 1.54) is 24.8 Å². The zero-order valence-corrected chi connectivity index (χ0v) is 11.3. The van der Waals surface area contributed by atoms with E-state index in [0.29, 0.717) is 6.04 Å². The molecule has 0 spiro atoms. The lowest BCUT2D eigenvalue weighted by Gasteiger charge is -2.20. The SMILES string of the molecule is CC(NCC1CCCC1C)c1ccc(C#N)cc1. The molecule has 0 heterocycles. The number of benzene rings is 1. The summed E-state index contributed by atoms with van der Waals surface area (Å²) in [5.41, 5.74) is 2.00. The average molecular weight is 242 g/mol. The molecule has 1 saturated carbocycles. The van der Waals surface area contributed by atoms with E-state index < -0.39 is 0 Å². The molecule has 0 amide bonds. The van der Waals surface area contributed by atoms with Crippen LogP contribution in [0.1, 0.15) is 50.3 Å². The van der Waals surface area contributed by atoms with E-state index in [2.05, 4.69) is 25.2 Å². The van der Waals surface area contributed by atoms with E-state index in [-0.39, 0.29) is 0 Å². The van der Waals surface area contributed by atoms with Gasteiger partial charge in [-0.05, 0) is 49.4 Å². The van der Waals surface area contributed by atoms with Gasteiger partial charge in [0.1, 0.15) is 0 Å². The predicted octanol–water partition coefficient (Wildman–Crippen LogP) is 3.65. The molecule has 1 fully saturated rings. The van der Waals surface area contributed by atoms with Gasteiger partial charge >= 0.3 is 0 Å². The third kappa shape index (κ3) is 3.11. The molecule has 0 radical (unpaired) electrons. The summed E-state index contributed by atoms with van der Waals surface area (Å²) in [6, 6.07) is 10.4. The third-order valence-electron chi connectivity index (χ3n) is 4.27. The summed E-state index contributed by atoms with van der Waals surface area (Å²) in [5, 5.41) is 12.4. The van der Waals surface area contributed by atoms with Crippen LogP contribution in [0.5, 0.6) is 0 Å². The van der Waals surface area contributed by atoms with Crippen LogP contribution in [0.25, 0.3) is 0 Å². The minimum Gasteiger partial charge on any atom is -0.310 e. The Morgan fingerprint density at radius 2 is 2.06 bits per heavy atom. The van der Waals surface area contributed by atoms with Gasteiger partial charge < -0.3 is 5.32 Å². The second-order valence-corrected chi connectivity index (χ2v) is 5.53. The summed E-state index contributed by atoms with van der Waals surface area (Å²) >= 11 is 0. The lowest BCUT2D eigenvalue weighted by Crippen LogP contribution is -2.26. The lowest BCUT2D eigenvalue weighted by molar-refractivity contribution is 0.375. The lowest BCUT2D eigenvalue weighted by atomic mass is 9.97. The molecule has 0 aliphatic heterocycles. The predicted molar refractivity (Wildman–Crippen MR) is 74.1 cm³/mol. The van der Waals surface area contributed by atoms with Crippen molar-refractivity contribution in [2.45, 2.75) is 39.2 Å². The van der Waals surface area contributed by atoms with Gasteiger partial charge in [0.25, 0.3) is 0 Å². The highest BCUT2D eigenvalue weighted by Crippen LogP contribution is 2.30. The van der Waals surface area contributed by atoms with Gasteiger partial charge in [-0.2, -0.15) is 5.26 Å². The van der Waals surface area contributed by atoms with Crippen LogP contribution in [-0.4, -0.2) is 6.54 Å². The molecule has 1 aliphatic carbocycles. The average Bonchev–Trinajstić information content (AvgIpc) is 2.81. The van der Waals surface area contributed by atoms with Crippen molar-refractivity contribution in [3.8, 4) is 6.07 Å². The van der Waals surface area contributed by atoms with Gasteiger partial charge in [0, 0.05) is 6.04 Å². The van der Waals surface area contributed by atoms with E-state index in [1.807, 2.05) is 24.3 Å². The molecule has 1 aromatic carbocycles. The molecule has 0 bridgehead atoms. The van der Waals surface area contributed by atoms with Gasteiger partial charge in [-0.1, -0.05) is 31.9 Å². The zero-order chi connectivity index (χ0) is 13.0. The molecule has 18 heavy (non-hydrogen) atoms. The normalized spacial score (nSPS) is 24.7. The molecule has 1 aliphatic rings. The van der Waals surface area contributed by atoms with Crippen molar-refractivity contribution >= 4 is 0 Å². The first-order chi connectivity index (χ1) is 8.70. The third-order valence-corrected chi connectivity index (χ3v) is 4.27. The van der Waals surface area contributed by atoms with E-state index >= 15 is 0 Å². The Balaban J connectivity index is 1.87. The number of hydrogen-bond acceptors (Lipinski definition) is 2. The smallest absolute Gasteiger partial charge is 0.0991 e. The van der Waals surface area contributed by atoms with Crippen molar-refractivity contribution in [3.05, 3.63) is 35.4 Å². The number of nitrogens with zero attached hydrogens (tertiary/aromatic N) is 1. The minimum atomic E-state index is 0.366. The molecule has 3 unspecified atom stereocenters. The van der Waals surface area contributed by atoms with Crippen molar-refractivity contribution < 1.29 is 0 Å². The van der Waals surface area contributed by atoms with Crippen molar-refractivity contribution in [2.75, 3.05) is 6.54 Å². The quantitative estimate of drug-likeness (QED) is 0.875. The van der Waals surface area contributed by atoms with Crippen LogP contribution in [0, 0.1) is 23.2 Å². The number of nitrogens with one attached hydrogen (secondary N) is 1. The van der Waals surface area contributed by atoms with Crippen molar-refractivity contribution in [1.29, 1.82) is 5.26 Å². The van der Waals surface area contributed by atoms with Crippen molar-refractivity contribution in [3.63, 3.8) is 0 Å². The first-order valence-corrected chi connectivity index (χ1v) is 6.94. The van der Waals surface area contributed by atoms with E-state index in [9.17, 15) is 0 Å². The molecule has 2 rings (SSSR count). The molecule has 2 nitrogen and oxygen atoms in total. The molecular weight excluding hydrogens is 220 g/mol. The van der Waals surface area contributed by atoms with Crippen LogP contribution in [0.4, 0.5) is 0 Å². The Bertz CT molecular complexity index is 416. The maximum atomic E-state index is 8.78. The first-order valence-electron chi connectivity index (χ1n) is 6.94. The second-order valence-electron chi connectivity index (χ2n) is 5.53. The Kier molecular flexibility index (Phi) is 4.38. The first kappa shape index (κ1) is 13.1. The molecular formula is C16H22N2. The zero-order valence-electron chi connectivity index (χ0n) is 11.3. The van der Waals surface area contributed by atoms with Gasteiger partial charge in [-0.15, -0.1) is 0 Å². The molecule has 96 valence electrons. The van der Waals surface area contributed by atoms with Gasteiger partial charge in [0.05, 0.1) is 11.6 Å². The second kappa shape index (κ2) is 6.02. The maximum absolute atomic E-state index is 8.78. The highest BCUT2D eigenvalue weighted by molar-refractivity contribution is 5.32. The number of hydrogen-bond donors (Lipinski definition) is 1. The van der Waals surface area contributed by atoms with Crippen LogP contribution in [0.2, 0.25) is 0 Å². The molecule has 1 N–H and O–H groups in total. The molecule has 0 saturated heterocycles. The fraction of sp³-hybridized carbons (Fsp3) is 0.562. The van der Waals surface area contributed by atoms with Gasteiger partial charge in [-0.3, -0.25) is 0 Å². The van der Waals surface area contributed by atoms with Crippen molar-refractivity contribution in [1.82, 2.24) is 5.32 Å². The van der Waals surface area contributed by atoms with Crippen LogP contribution in [0.3, 0.4) is 0 Å². The summed E-state index contributed by atoms with van der Waals surface area (Å²) in [6.07, 6.45) is 4.14. The van der Waals surface area contributed by atoms with Gasteiger partial charge in [0.2, 0.25) is 0 Å². The Morgan fingerprint density at radius 3 is 2.61 bits per heavy atom. The summed E-state index contributed by atoms with van der Waals surface area (Å²) < 4.78 is 0. The Hall–Kier alpha value is -1.33. The van der Waals surface area contributed by atoms with Gasteiger partial charge in [-0.25, -0.2) is 0 Å². The molecule has 3 atom stereocenters. The summed E-state index contributed by atoms with van der Waals surface area (Å²) in [5.74, 6) is 1.71. The largest absolute Gasteiger partial charge is 0.310 e. The minimum absolute atomic E-state index is 0.366. The number of rotatable bonds is 4. The van der Waals surface area contributed by atoms with Crippen LogP contribution >= 0.6 is 0 Å². The standard InChI is InChI=1S/C16H22N2/c1-12-4-3-5-16(12)11-18-13(2)15-8-6-14(10-17)7-9-15/h6-9,12-13,16,18H,3-5,11H2,1-2H3.